The third-order valence-electron chi connectivity index (χ3n) is 27.2. The molecule has 144 heavy (non-hydrogen) atoms. The van der Waals surface area contributed by atoms with E-state index in [4.69, 9.17) is 29.4 Å². The number of phenols is 5. The second-order valence-corrected chi connectivity index (χ2v) is 38.8. The Kier molecular flexibility index (Phi) is 39.5. The summed E-state index contributed by atoms with van der Waals surface area (Å²) < 4.78 is 49.4. The van der Waals surface area contributed by atoms with Gasteiger partial charge in [0.25, 0.3) is 17.5 Å². The van der Waals surface area contributed by atoms with E-state index in [1.54, 1.807) is 107 Å². The highest BCUT2D eigenvalue weighted by Crippen LogP contribution is 2.44. The molecule has 6 heterocycles. The summed E-state index contributed by atoms with van der Waals surface area (Å²) >= 11 is 1.40. The number of H-pyrrole nitrogens is 1. The lowest BCUT2D eigenvalue weighted by atomic mass is 9.75. The van der Waals surface area contributed by atoms with Crippen LogP contribution in [-0.2, 0) is 91.0 Å². The third kappa shape index (κ3) is 27.6. The zero-order valence-electron chi connectivity index (χ0n) is 82.8. The van der Waals surface area contributed by atoms with Crippen molar-refractivity contribution in [2.75, 3.05) is 84.4 Å². The fourth-order valence-electron chi connectivity index (χ4n) is 19.2. The molecule has 782 valence electrons. The summed E-state index contributed by atoms with van der Waals surface area (Å²) in [5.74, 6) is -16.2. The van der Waals surface area contributed by atoms with Gasteiger partial charge in [0.1, 0.15) is 65.7 Å². The number of nitrogens with two attached hydrogens (primary N) is 1. The van der Waals surface area contributed by atoms with Gasteiger partial charge in [0.2, 0.25) is 41.4 Å². The van der Waals surface area contributed by atoms with Crippen LogP contribution in [0.1, 0.15) is 164 Å². The minimum atomic E-state index is -3.28. The molecule has 0 unspecified atom stereocenters. The molecule has 11 rings (SSSR count). The number of hydrogen-bond donors (Lipinski definition) is 16. The first-order valence-electron chi connectivity index (χ1n) is 48.7. The summed E-state index contributed by atoms with van der Waals surface area (Å²) in [6, 6.07) is 17.0. The first kappa shape index (κ1) is 111. The van der Waals surface area contributed by atoms with Crippen LogP contribution in [0.15, 0.2) is 122 Å². The highest BCUT2D eigenvalue weighted by Gasteiger charge is 2.62. The fraction of sp³-hybridized carbons (Fsp3) is 0.535. The van der Waals surface area contributed by atoms with Crippen LogP contribution in [0.25, 0.3) is 22.2 Å². The van der Waals surface area contributed by atoms with Crippen molar-refractivity contribution in [2.45, 2.75) is 248 Å². The minimum absolute atomic E-state index is 0.00323. The van der Waals surface area contributed by atoms with Gasteiger partial charge in [-0.15, -0.1) is 5.10 Å². The summed E-state index contributed by atoms with van der Waals surface area (Å²) in [5.41, 5.74) is 3.21. The number of aryl methyl sites for hydroxylation is 1. The van der Waals surface area contributed by atoms with Crippen LogP contribution < -0.4 is 43.0 Å². The lowest BCUT2D eigenvalue weighted by molar-refractivity contribution is -0.284. The number of likely N-dealkylation sites (tertiary alicyclic amines) is 1. The van der Waals surface area contributed by atoms with Gasteiger partial charge in [-0.25, -0.2) is 14.0 Å². The number of nitrogens with zero attached hydrogens (tertiary/aromatic N) is 7. The number of alkyl halides is 1. The Labute approximate surface area is 838 Å². The zero-order valence-corrected chi connectivity index (χ0v) is 83.6. The number of esters is 1. The van der Waals surface area contributed by atoms with E-state index in [-0.39, 0.29) is 133 Å². The molecular weight excluding hydrogens is 1890 g/mol. The van der Waals surface area contributed by atoms with Crippen molar-refractivity contribution in [3.8, 4) is 40.0 Å². The zero-order chi connectivity index (χ0) is 105. The van der Waals surface area contributed by atoms with E-state index in [0.29, 0.717) is 70.4 Å². The number of Topliss-reactive ketones (excluding diaryl/α,β-unsaturated/α-hetero) is 2. The van der Waals surface area contributed by atoms with Crippen molar-refractivity contribution in [1.82, 2.24) is 71.5 Å². The Bertz CT molecular complexity index is 5670. The number of methoxy groups -OCH3 is 1. The highest BCUT2D eigenvalue weighted by molar-refractivity contribution is 7.98. The maximum atomic E-state index is 17.2. The Morgan fingerprint density at radius 1 is 0.736 bits per heavy atom. The maximum Gasteiger partial charge on any atom is 0.410 e. The number of aliphatic hydroxyl groups excluding tert-OH is 2. The molecule has 0 bridgehead atoms. The molecule has 19 atom stereocenters. The van der Waals surface area contributed by atoms with Gasteiger partial charge in [-0.3, -0.25) is 57.4 Å². The molecule has 7 aromatic rings. The average Bonchev–Trinajstić information content (AvgIpc) is 1.58. The summed E-state index contributed by atoms with van der Waals surface area (Å²) in [7, 11) is 4.92. The Morgan fingerprint density at radius 2 is 1.40 bits per heavy atom. The minimum Gasteiger partial charge on any atom is -0.508 e. The largest absolute Gasteiger partial charge is 0.508 e. The number of nitrogens with one attached hydrogen (secondary N) is 8. The second-order valence-electron chi connectivity index (χ2n) is 37.8. The topological polar surface area (TPSA) is 579 Å². The number of benzene rings is 5. The second kappa shape index (κ2) is 51.0. The van der Waals surface area contributed by atoms with Gasteiger partial charge in [0, 0.05) is 105 Å². The van der Waals surface area contributed by atoms with Crippen molar-refractivity contribution < 1.29 is 126 Å². The van der Waals surface area contributed by atoms with Gasteiger partial charge < -0.3 is 127 Å². The molecule has 17 N–H and O–H groups in total. The van der Waals surface area contributed by atoms with Gasteiger partial charge in [-0.1, -0.05) is 87.5 Å². The van der Waals surface area contributed by atoms with Crippen molar-refractivity contribution in [3.63, 3.8) is 0 Å². The number of fused-ring (bicyclic) bond motifs is 2. The van der Waals surface area contributed by atoms with E-state index in [2.05, 4.69) is 52.5 Å². The first-order chi connectivity index (χ1) is 68.6. The van der Waals surface area contributed by atoms with E-state index in [0.717, 1.165) is 22.8 Å². The number of aromatic amines is 1. The average molecular weight is 2020 g/mol. The van der Waals surface area contributed by atoms with Crippen molar-refractivity contribution in [2.24, 2.45) is 23.5 Å². The van der Waals surface area contributed by atoms with Gasteiger partial charge >= 0.3 is 12.1 Å². The summed E-state index contributed by atoms with van der Waals surface area (Å²) in [5, 5.41) is 103. The number of hydrogen-bond acceptors (Lipinski definition) is 30. The standard InChI is InChI=1S/C101H135FN16O25S/c1-12-80-101(7)87(58(4)82(124)56(2)47-79(139-10)86(59(5)88(128)100(6,102)98(137)141-80)142-97-85(127)76(114(8)9)48-57(3)140-97)118(99(138)143-101)44-20-19-43-116-53-73(112-113-116)61-25-21-26-63(50-61)106-90(130)70(39-46-144-11)108-92(132)71(49-60-35-37-64(120)38-36-60)110-91(131)69(31-15-16-40-103)109-94(134)75-32-24-45-117(75)96(136)74(55-119)111-93(133)72(51-62-52-105-68-30-14-13-27-65(62)68)107-81(123)54-115(95(135)67-29-23-34-78(122)84(67)126)42-18-17-41-104-89(129)66-28-22-33-77(121)83(66)125/h13-14,21-23,25-30,33-38,50,52-53,56-59,69-72,74-76,79-80,85-87,97,105,119-122,125-127H,12,15-20,24,31-32,39-49,51,54-55,103H2,1-11H3,(H,104,129)(H,106,130)(H,107,123)(H,108,132)(H,109,134)(H,110,131)(H,111,133)/t56-,57-,58+,59-,69-,70-,71-,72-,74-,75-,76+,79-,80-,85-,86-,87-,97+,100+,101-/m1/s1. The van der Waals surface area contributed by atoms with Gasteiger partial charge in [-0.2, -0.15) is 11.8 Å². The maximum absolute atomic E-state index is 17.2. The van der Waals surface area contributed by atoms with E-state index in [1.807, 2.05) is 11.2 Å². The molecule has 43 heteroatoms. The van der Waals surface area contributed by atoms with E-state index in [9.17, 15) is 93.3 Å². The van der Waals surface area contributed by atoms with Crippen molar-refractivity contribution >= 4 is 105 Å². The molecule has 0 aliphatic carbocycles. The van der Waals surface area contributed by atoms with Gasteiger partial charge in [0.05, 0.1) is 54.8 Å². The number of cyclic esters (lactones) is 1. The number of carbonyl (C=O) groups is 13. The number of ether oxygens (including phenoxy) is 5. The molecule has 4 aliphatic rings. The lowest BCUT2D eigenvalue weighted by Crippen LogP contribution is -2.60. The van der Waals surface area contributed by atoms with Crippen LogP contribution in [0.5, 0.6) is 28.7 Å². The number of ketones is 2. The molecule has 0 radical (unpaired) electrons. The predicted molar refractivity (Wildman–Crippen MR) is 527 cm³/mol. The number of likely N-dealkylation sites (N-methyl/N-ethyl adjacent to an activating group) is 1. The van der Waals surface area contributed by atoms with E-state index in [1.165, 1.54) is 92.2 Å². The third-order valence-corrected chi connectivity index (χ3v) is 27.8. The smallest absolute Gasteiger partial charge is 0.410 e. The Morgan fingerprint density at radius 3 is 2.08 bits per heavy atom. The molecule has 4 aliphatic heterocycles. The summed E-state index contributed by atoms with van der Waals surface area (Å²) in [6.45, 7) is 8.92. The molecule has 41 nitrogen and oxygen atoms in total. The van der Waals surface area contributed by atoms with Crippen LogP contribution in [0.2, 0.25) is 0 Å². The predicted octanol–water partition coefficient (Wildman–Crippen LogP) is 5.71. The van der Waals surface area contributed by atoms with Crippen LogP contribution >= 0.6 is 11.8 Å². The normalized spacial score (nSPS) is 23.6. The quantitative estimate of drug-likeness (QED) is 0.00941. The number of aliphatic hydroxyl groups is 2. The monoisotopic (exact) mass is 2020 g/mol. The van der Waals surface area contributed by atoms with E-state index < -0.39 is 221 Å². The Balaban J connectivity index is 0.735. The number of aromatic hydroxyl groups is 5. The molecular formula is C101H135FN16O25S. The van der Waals surface area contributed by atoms with Crippen LogP contribution in [0.4, 0.5) is 14.9 Å². The fourth-order valence-corrected chi connectivity index (χ4v) is 19.7. The van der Waals surface area contributed by atoms with Gasteiger partial charge in [0.15, 0.2) is 40.7 Å². The number of halogens is 1. The molecule has 10 amide bonds. The number of aromatic nitrogens is 4. The van der Waals surface area contributed by atoms with Gasteiger partial charge in [-0.05, 0) is 203 Å². The van der Waals surface area contributed by atoms with E-state index >= 15 is 9.18 Å². The number of amides is 10. The van der Waals surface area contributed by atoms with Crippen LogP contribution in [0, 0.1) is 17.8 Å². The molecule has 4 saturated heterocycles. The van der Waals surface area contributed by atoms with Crippen LogP contribution in [0.3, 0.4) is 0 Å². The van der Waals surface area contributed by atoms with Crippen LogP contribution in [-0.4, -0.2) is 328 Å². The number of unbranched alkanes of at least 4 members (excludes halogenated alkanes) is 3. The molecule has 4 fully saturated rings. The number of carbonyl (C=O) groups excluding carboxylic acids is 13. The number of para-hydroxylation sites is 3. The lowest BCUT2D eigenvalue weighted by Gasteiger charge is -2.44. The summed E-state index contributed by atoms with van der Waals surface area (Å²) in [4.78, 5) is 197. The molecule has 0 spiro atoms. The molecule has 2 aromatic heterocycles. The number of phenolic OH excluding ortho intramolecular Hbond substituents is 5. The van der Waals surface area contributed by atoms with Crippen molar-refractivity contribution in [1.29, 1.82) is 0 Å². The molecule has 5 aromatic carbocycles. The van der Waals surface area contributed by atoms with Crippen molar-refractivity contribution in [3.05, 3.63) is 144 Å². The number of anilines is 1. The summed E-state index contributed by atoms with van der Waals surface area (Å²) in [6.07, 6.45) is -0.558. The Hall–Kier alpha value is -12.9. The SMILES string of the molecule is CC[C@H]1OC(=O)[C@@](C)(F)C(=O)[C@H](C)[C@@H](O[C@@H]2O[C@H](C)C[C@H](N(C)C)[C@H]2O)[C@H](OC)C[C@@H](C)C(=O)[C@H](C)[C@H]2N(CCCCn3cc(-c4cccc(NC(=O)[C@@H](CCSC)NC(=O)[C@@H](Cc5ccc(O)cc5)NC(=O)[C@@H](CCCCN)NC(=O)[C@H]5CCCN5C(=O)[C@@H](CO)NC(=O)[C@@H](Cc5c[nH]c6ccccc56)NC(=O)CN(CCCCNC(=O)c5cccc(O)c5O)C(=O)c5cccc(O)c5O)c4)nn3)C(=O)O[C@]12C. The number of rotatable bonds is 44. The molecule has 0 saturated carbocycles. The number of thioether (sulfide) groups is 1. The first-order valence-corrected chi connectivity index (χ1v) is 50.1. The highest BCUT2D eigenvalue weighted by atomic mass is 32.2.